The van der Waals surface area contributed by atoms with Crippen LogP contribution in [0.5, 0.6) is 5.88 Å². The maximum Gasteiger partial charge on any atom is 0.303 e. The van der Waals surface area contributed by atoms with Crippen LogP contribution in [0, 0.1) is 5.92 Å². The summed E-state index contributed by atoms with van der Waals surface area (Å²) in [5, 5.41) is 18.1. The van der Waals surface area contributed by atoms with Crippen molar-refractivity contribution in [2.75, 3.05) is 0 Å². The number of carbonyl (C=O) groups is 1. The van der Waals surface area contributed by atoms with Crippen LogP contribution in [0.15, 0.2) is 60.9 Å². The van der Waals surface area contributed by atoms with Crippen molar-refractivity contribution < 1.29 is 14.6 Å². The average molecular weight is 490 g/mol. The monoisotopic (exact) mass is 489 g/mol. The minimum atomic E-state index is -0.725. The van der Waals surface area contributed by atoms with Crippen LogP contribution < -0.4 is 4.74 Å². The molecule has 0 radical (unpaired) electrons. The Balaban J connectivity index is 1.20. The summed E-state index contributed by atoms with van der Waals surface area (Å²) in [6.45, 7) is 0. The molecule has 1 aromatic carbocycles. The zero-order chi connectivity index (χ0) is 24.2. The number of aromatic amines is 1. The summed E-state index contributed by atoms with van der Waals surface area (Å²) in [6, 6.07) is 15.0. The fraction of sp³-hybridized carbons (Fsp3) is 0.269. The van der Waals surface area contributed by atoms with E-state index in [-0.39, 0.29) is 18.4 Å². The number of pyridine rings is 2. The van der Waals surface area contributed by atoms with E-state index in [1.807, 2.05) is 48.5 Å². The van der Waals surface area contributed by atoms with Crippen molar-refractivity contribution in [3.8, 4) is 39.9 Å². The molecular weight excluding hydrogens is 466 g/mol. The molecule has 8 nitrogen and oxygen atoms in total. The molecule has 0 amide bonds. The Kier molecular flexibility index (Phi) is 6.72. The lowest BCUT2D eigenvalue weighted by Gasteiger charge is -2.27. The van der Waals surface area contributed by atoms with Crippen LogP contribution >= 0.6 is 11.6 Å². The Labute approximate surface area is 207 Å². The molecule has 1 fully saturated rings. The van der Waals surface area contributed by atoms with Gasteiger partial charge in [0.15, 0.2) is 11.6 Å². The number of aromatic nitrogens is 5. The molecule has 1 aliphatic carbocycles. The fourth-order valence-corrected chi connectivity index (χ4v) is 4.43. The molecule has 1 aliphatic rings. The maximum absolute atomic E-state index is 10.9. The number of nitrogens with one attached hydrogen (secondary N) is 1. The number of aliphatic carboxylic acids is 1. The first-order valence-corrected chi connectivity index (χ1v) is 11.9. The van der Waals surface area contributed by atoms with Crippen LogP contribution in [0.25, 0.3) is 34.0 Å². The predicted octanol–water partition coefficient (Wildman–Crippen LogP) is 5.66. The molecule has 3 heterocycles. The molecule has 0 atom stereocenters. The molecule has 0 bridgehead atoms. The van der Waals surface area contributed by atoms with Crippen molar-refractivity contribution in [2.45, 2.75) is 38.2 Å². The molecule has 3 aromatic heterocycles. The van der Waals surface area contributed by atoms with Gasteiger partial charge in [0.2, 0.25) is 5.88 Å². The highest BCUT2D eigenvalue weighted by Crippen LogP contribution is 2.30. The highest BCUT2D eigenvalue weighted by Gasteiger charge is 2.24. The minimum Gasteiger partial charge on any atom is -0.481 e. The van der Waals surface area contributed by atoms with Gasteiger partial charge in [-0.05, 0) is 74.1 Å². The summed E-state index contributed by atoms with van der Waals surface area (Å²) < 4.78 is 6.02. The molecule has 0 unspecified atom stereocenters. The van der Waals surface area contributed by atoms with Gasteiger partial charge in [-0.1, -0.05) is 11.6 Å². The molecule has 178 valence electrons. The molecule has 35 heavy (non-hydrogen) atoms. The van der Waals surface area contributed by atoms with Gasteiger partial charge in [-0.2, -0.15) is 0 Å². The molecule has 0 aliphatic heterocycles. The van der Waals surface area contributed by atoms with Crippen molar-refractivity contribution in [3.05, 3.63) is 65.9 Å². The Hall–Kier alpha value is -3.78. The van der Waals surface area contributed by atoms with Crippen molar-refractivity contribution in [2.24, 2.45) is 5.92 Å². The van der Waals surface area contributed by atoms with Crippen molar-refractivity contribution in [3.63, 3.8) is 0 Å². The van der Waals surface area contributed by atoms with Crippen molar-refractivity contribution >= 4 is 17.6 Å². The Morgan fingerprint density at radius 2 is 1.54 bits per heavy atom. The van der Waals surface area contributed by atoms with E-state index in [0.29, 0.717) is 22.6 Å². The molecule has 5 rings (SSSR count). The summed E-state index contributed by atoms with van der Waals surface area (Å²) in [5.41, 5.74) is 3.40. The quantitative estimate of drug-likeness (QED) is 0.344. The van der Waals surface area contributed by atoms with Gasteiger partial charge in [0.05, 0.1) is 5.69 Å². The average Bonchev–Trinajstić information content (AvgIpc) is 3.36. The van der Waals surface area contributed by atoms with Crippen molar-refractivity contribution in [1.82, 2.24) is 25.1 Å². The van der Waals surface area contributed by atoms with Crippen molar-refractivity contribution in [1.29, 1.82) is 0 Å². The Bertz CT molecular complexity index is 1280. The molecule has 2 N–H and O–H groups in total. The van der Waals surface area contributed by atoms with Gasteiger partial charge >= 0.3 is 5.97 Å². The van der Waals surface area contributed by atoms with Gasteiger partial charge in [-0.25, -0.2) is 4.98 Å². The first-order valence-electron chi connectivity index (χ1n) is 11.5. The lowest BCUT2D eigenvalue weighted by molar-refractivity contribution is -0.138. The second kappa shape index (κ2) is 10.2. The summed E-state index contributed by atoms with van der Waals surface area (Å²) in [7, 11) is 0. The molecule has 1 saturated carbocycles. The van der Waals surface area contributed by atoms with Crippen LogP contribution in [0.2, 0.25) is 5.02 Å². The van der Waals surface area contributed by atoms with Gasteiger partial charge in [-0.15, -0.1) is 10.2 Å². The lowest BCUT2D eigenvalue weighted by atomic mass is 9.85. The first kappa shape index (κ1) is 23.0. The second-order valence-electron chi connectivity index (χ2n) is 8.70. The zero-order valence-electron chi connectivity index (χ0n) is 18.9. The number of hydrogen-bond donors (Lipinski definition) is 2. The molecule has 9 heteroatoms. The smallest absolute Gasteiger partial charge is 0.303 e. The number of rotatable bonds is 7. The number of ether oxygens (including phenoxy) is 1. The highest BCUT2D eigenvalue weighted by atomic mass is 35.5. The number of carboxylic acid groups (broad SMARTS) is 1. The fourth-order valence-electron chi connectivity index (χ4n) is 4.31. The summed E-state index contributed by atoms with van der Waals surface area (Å²) in [6.07, 6.45) is 7.27. The van der Waals surface area contributed by atoms with Crippen LogP contribution in [-0.4, -0.2) is 42.3 Å². The predicted molar refractivity (Wildman–Crippen MR) is 132 cm³/mol. The number of halogens is 1. The summed E-state index contributed by atoms with van der Waals surface area (Å²) >= 11 is 5.95. The lowest BCUT2D eigenvalue weighted by Crippen LogP contribution is -2.25. The minimum absolute atomic E-state index is 0.0791. The van der Waals surface area contributed by atoms with Gasteiger partial charge in [0.1, 0.15) is 6.10 Å². The van der Waals surface area contributed by atoms with E-state index in [0.717, 1.165) is 48.1 Å². The van der Waals surface area contributed by atoms with Crippen LogP contribution in [0.3, 0.4) is 0 Å². The summed E-state index contributed by atoms with van der Waals surface area (Å²) in [5.74, 6) is 1.39. The van der Waals surface area contributed by atoms with E-state index in [9.17, 15) is 4.79 Å². The van der Waals surface area contributed by atoms with E-state index in [2.05, 4.69) is 25.1 Å². The Morgan fingerprint density at radius 3 is 2.17 bits per heavy atom. The van der Waals surface area contributed by atoms with Crippen LogP contribution in [0.4, 0.5) is 0 Å². The number of H-pyrrole nitrogens is 1. The second-order valence-corrected chi connectivity index (χ2v) is 9.14. The zero-order valence-corrected chi connectivity index (χ0v) is 19.7. The molecule has 0 spiro atoms. The number of nitrogens with zero attached hydrogens (tertiary/aromatic N) is 4. The maximum atomic E-state index is 10.9. The number of benzene rings is 1. The van der Waals surface area contributed by atoms with Gasteiger partial charge in [-0.3, -0.25) is 9.78 Å². The Morgan fingerprint density at radius 1 is 0.886 bits per heavy atom. The summed E-state index contributed by atoms with van der Waals surface area (Å²) in [4.78, 5) is 23.1. The highest BCUT2D eigenvalue weighted by molar-refractivity contribution is 6.30. The molecule has 4 aromatic rings. The third-order valence-corrected chi connectivity index (χ3v) is 6.47. The van der Waals surface area contributed by atoms with Gasteiger partial charge < -0.3 is 14.8 Å². The molecular formula is C26H24ClN5O3. The third-order valence-electron chi connectivity index (χ3n) is 6.22. The number of hydrogen-bond acceptors (Lipinski definition) is 6. The van der Waals surface area contributed by atoms with E-state index >= 15 is 0 Å². The standard InChI is InChI=1S/C26H24ClN5O3/c27-20-7-3-17(4-8-20)25-30-26(32-31-25)19-5-11-22(28-15-19)18-6-12-23(29-14-18)35-21-9-1-16(2-10-21)13-24(33)34/h3-8,11-12,14-16,21H,1-2,9-10,13H2,(H,33,34)(H,30,31,32)/t16-,21+. The van der Waals surface area contributed by atoms with Gasteiger partial charge in [0.25, 0.3) is 0 Å². The van der Waals surface area contributed by atoms with E-state index in [1.54, 1.807) is 12.4 Å². The SMILES string of the molecule is O=C(O)C[C@H]1CC[C@@H](Oc2ccc(-c3ccc(-c4nnc(-c5ccc(Cl)cc5)[nH]4)cn3)cn2)CC1. The van der Waals surface area contributed by atoms with Gasteiger partial charge in [0, 0.05) is 46.6 Å². The van der Waals surface area contributed by atoms with E-state index in [4.69, 9.17) is 21.4 Å². The third kappa shape index (κ3) is 5.66. The van der Waals surface area contributed by atoms with Crippen LogP contribution in [0.1, 0.15) is 32.1 Å². The first-order chi connectivity index (χ1) is 17.0. The topological polar surface area (TPSA) is 114 Å². The largest absolute Gasteiger partial charge is 0.481 e. The van der Waals surface area contributed by atoms with E-state index < -0.39 is 5.97 Å². The van der Waals surface area contributed by atoms with Crippen LogP contribution in [-0.2, 0) is 4.79 Å². The number of carboxylic acids is 1. The normalized spacial score (nSPS) is 17.7. The molecule has 0 saturated heterocycles. The van der Waals surface area contributed by atoms with E-state index in [1.165, 1.54) is 0 Å².